The van der Waals surface area contributed by atoms with Gasteiger partial charge in [0.2, 0.25) is 0 Å². The van der Waals surface area contributed by atoms with E-state index in [2.05, 4.69) is 10.2 Å². The number of hydroxylamine groups is 2. The molecule has 0 atom stereocenters. The van der Waals surface area contributed by atoms with Crippen molar-refractivity contribution in [1.82, 2.24) is 5.06 Å². The van der Waals surface area contributed by atoms with Crippen molar-refractivity contribution in [2.75, 3.05) is 0 Å². The average Bonchev–Trinajstić information content (AvgIpc) is 3.04. The Morgan fingerprint density at radius 1 is 1.03 bits per heavy atom. The maximum atomic E-state index is 11.9. The van der Waals surface area contributed by atoms with Gasteiger partial charge in [-0.25, -0.2) is 9.59 Å². The molecule has 30 heavy (non-hydrogen) atoms. The van der Waals surface area contributed by atoms with Gasteiger partial charge in [-0.2, -0.15) is 5.11 Å². The van der Waals surface area contributed by atoms with E-state index in [0.717, 1.165) is 0 Å². The molecule has 0 bridgehead atoms. The largest absolute Gasteiger partial charge is 0.508 e. The molecule has 10 nitrogen and oxygen atoms in total. The van der Waals surface area contributed by atoms with Gasteiger partial charge in [0.05, 0.1) is 17.7 Å². The van der Waals surface area contributed by atoms with Gasteiger partial charge in [0.25, 0.3) is 11.8 Å². The molecule has 2 aromatic rings. The summed E-state index contributed by atoms with van der Waals surface area (Å²) in [5.41, 5.74) is 0.868. The third-order valence-corrected chi connectivity index (χ3v) is 4.27. The number of nitrogens with zero attached hydrogens (tertiary/aromatic N) is 3. The summed E-state index contributed by atoms with van der Waals surface area (Å²) in [6.07, 6.45) is -0.112. The molecule has 2 aromatic carbocycles. The number of carboxylic acid groups (broad SMARTS) is 1. The first-order valence-electron chi connectivity index (χ1n) is 8.97. The molecule has 10 heteroatoms. The molecule has 1 aliphatic rings. The number of aromatic hydroxyl groups is 1. The van der Waals surface area contributed by atoms with Crippen LogP contribution in [0.1, 0.15) is 35.2 Å². The molecule has 1 heterocycles. The van der Waals surface area contributed by atoms with Gasteiger partial charge in [0, 0.05) is 12.8 Å². The molecule has 0 radical (unpaired) electrons. The highest BCUT2D eigenvalue weighted by atomic mass is 16.7. The summed E-state index contributed by atoms with van der Waals surface area (Å²) >= 11 is 0. The summed E-state index contributed by atoms with van der Waals surface area (Å²) < 4.78 is 0. The Bertz CT molecular complexity index is 1030. The average molecular weight is 411 g/mol. The molecule has 0 spiro atoms. The topological polar surface area (TPSA) is 146 Å². The first-order chi connectivity index (χ1) is 14.3. The Labute approximate surface area is 170 Å². The molecule has 3 rings (SSSR count). The van der Waals surface area contributed by atoms with Gasteiger partial charge < -0.3 is 15.1 Å². The molecular formula is C20H17N3O7. The maximum Gasteiger partial charge on any atom is 0.337 e. The number of amides is 2. The number of carbonyl (C=O) groups is 4. The number of carbonyl (C=O) groups excluding carboxylic acids is 3. The highest BCUT2D eigenvalue weighted by Gasteiger charge is 2.32. The number of carboxylic acids is 1. The van der Waals surface area contributed by atoms with Crippen LogP contribution in [0.2, 0.25) is 0 Å². The van der Waals surface area contributed by atoms with Crippen LogP contribution in [0.15, 0.2) is 52.7 Å². The van der Waals surface area contributed by atoms with Gasteiger partial charge in [0.1, 0.15) is 11.4 Å². The van der Waals surface area contributed by atoms with E-state index in [1.165, 1.54) is 30.3 Å². The number of benzene rings is 2. The highest BCUT2D eigenvalue weighted by Crippen LogP contribution is 2.27. The monoisotopic (exact) mass is 411 g/mol. The quantitative estimate of drug-likeness (QED) is 0.526. The van der Waals surface area contributed by atoms with E-state index in [0.29, 0.717) is 16.3 Å². The number of phenols is 1. The zero-order valence-electron chi connectivity index (χ0n) is 15.6. The van der Waals surface area contributed by atoms with E-state index in [1.54, 1.807) is 12.1 Å². The maximum absolute atomic E-state index is 11.9. The zero-order chi connectivity index (χ0) is 21.7. The van der Waals surface area contributed by atoms with Gasteiger partial charge in [-0.15, -0.1) is 10.2 Å². The molecule has 154 valence electrons. The van der Waals surface area contributed by atoms with Gasteiger partial charge in [0.15, 0.2) is 0 Å². The zero-order valence-corrected chi connectivity index (χ0v) is 15.6. The van der Waals surface area contributed by atoms with Crippen molar-refractivity contribution in [3.8, 4) is 5.75 Å². The van der Waals surface area contributed by atoms with Crippen molar-refractivity contribution in [3.63, 3.8) is 0 Å². The number of rotatable bonds is 7. The second-order valence-corrected chi connectivity index (χ2v) is 6.38. The van der Waals surface area contributed by atoms with Crippen LogP contribution < -0.4 is 0 Å². The summed E-state index contributed by atoms with van der Waals surface area (Å²) in [4.78, 5) is 50.9. The normalized spacial score (nSPS) is 13.8. The molecule has 1 fully saturated rings. The van der Waals surface area contributed by atoms with Crippen LogP contribution in [-0.4, -0.2) is 39.0 Å². The summed E-state index contributed by atoms with van der Waals surface area (Å²) in [6, 6.07) is 10.4. The first-order valence-corrected chi connectivity index (χ1v) is 8.97. The Kier molecular flexibility index (Phi) is 6.16. The van der Waals surface area contributed by atoms with Crippen LogP contribution in [0.3, 0.4) is 0 Å². The SMILES string of the molecule is O=C(CCc1cc(/N=N/c2ccccc2C(=O)O)ccc1O)ON1C(=O)CCC1=O. The van der Waals surface area contributed by atoms with Crippen LogP contribution >= 0.6 is 0 Å². The fourth-order valence-electron chi connectivity index (χ4n) is 2.73. The summed E-state index contributed by atoms with van der Waals surface area (Å²) in [6.45, 7) is 0. The van der Waals surface area contributed by atoms with E-state index in [9.17, 15) is 29.4 Å². The van der Waals surface area contributed by atoms with Crippen molar-refractivity contribution in [1.29, 1.82) is 0 Å². The third-order valence-electron chi connectivity index (χ3n) is 4.27. The Balaban J connectivity index is 1.67. The van der Waals surface area contributed by atoms with Gasteiger partial charge in [-0.05, 0) is 42.3 Å². The molecular weight excluding hydrogens is 394 g/mol. The Morgan fingerprint density at radius 2 is 1.73 bits per heavy atom. The van der Waals surface area contributed by atoms with Crippen molar-refractivity contribution >= 4 is 35.1 Å². The summed E-state index contributed by atoms with van der Waals surface area (Å²) in [7, 11) is 0. The van der Waals surface area contributed by atoms with E-state index < -0.39 is 23.8 Å². The number of phenolic OH excluding ortho intramolecular Hbond substituents is 1. The lowest BCUT2D eigenvalue weighted by Gasteiger charge is -2.12. The van der Waals surface area contributed by atoms with Gasteiger partial charge in [-0.1, -0.05) is 12.1 Å². The molecule has 0 unspecified atom stereocenters. The number of aromatic carboxylic acids is 1. The van der Waals surface area contributed by atoms with E-state index in [1.807, 2.05) is 0 Å². The Hall–Kier alpha value is -4.08. The molecule has 0 aromatic heterocycles. The summed E-state index contributed by atoms with van der Waals surface area (Å²) in [5, 5.41) is 27.6. The minimum Gasteiger partial charge on any atom is -0.508 e. The van der Waals surface area contributed by atoms with Crippen LogP contribution in [0.25, 0.3) is 0 Å². The molecule has 1 aliphatic heterocycles. The highest BCUT2D eigenvalue weighted by molar-refractivity contribution is 6.01. The Morgan fingerprint density at radius 3 is 2.43 bits per heavy atom. The summed E-state index contributed by atoms with van der Waals surface area (Å²) in [5.74, 6) is -3.15. The van der Waals surface area contributed by atoms with E-state index in [4.69, 9.17) is 4.84 Å². The van der Waals surface area contributed by atoms with Gasteiger partial charge in [-0.3, -0.25) is 9.59 Å². The fraction of sp³-hybridized carbons (Fsp3) is 0.200. The van der Waals surface area contributed by atoms with Crippen LogP contribution in [-0.2, 0) is 25.6 Å². The number of hydrogen-bond acceptors (Lipinski definition) is 8. The third kappa shape index (κ3) is 4.85. The lowest BCUT2D eigenvalue weighted by atomic mass is 10.1. The smallest absolute Gasteiger partial charge is 0.337 e. The van der Waals surface area contributed by atoms with Crippen LogP contribution in [0.5, 0.6) is 5.75 Å². The van der Waals surface area contributed by atoms with Crippen LogP contribution in [0.4, 0.5) is 11.4 Å². The predicted molar refractivity (Wildman–Crippen MR) is 101 cm³/mol. The molecule has 2 amide bonds. The number of azo groups is 1. The number of imide groups is 1. The van der Waals surface area contributed by atoms with Crippen molar-refractivity contribution in [3.05, 3.63) is 53.6 Å². The van der Waals surface area contributed by atoms with Crippen molar-refractivity contribution in [2.45, 2.75) is 25.7 Å². The minimum atomic E-state index is -1.13. The number of aryl methyl sites for hydroxylation is 1. The van der Waals surface area contributed by atoms with Crippen LogP contribution in [0, 0.1) is 0 Å². The fourth-order valence-corrected chi connectivity index (χ4v) is 2.73. The second kappa shape index (κ2) is 8.95. The molecule has 0 saturated carbocycles. The molecule has 0 aliphatic carbocycles. The van der Waals surface area contributed by atoms with E-state index in [-0.39, 0.29) is 42.7 Å². The number of hydrogen-bond donors (Lipinski definition) is 2. The molecule has 1 saturated heterocycles. The van der Waals surface area contributed by atoms with Crippen molar-refractivity contribution < 1.29 is 34.2 Å². The second-order valence-electron chi connectivity index (χ2n) is 6.38. The molecule has 2 N–H and O–H groups in total. The standard InChI is InChI=1S/C20H17N3O7/c24-16-7-6-13(21-22-15-4-2-1-3-14(15)20(28)29)11-12(16)5-10-19(27)30-23-17(25)8-9-18(23)26/h1-4,6-7,11,24H,5,8-10H2,(H,28,29)/b22-21+. The van der Waals surface area contributed by atoms with Crippen molar-refractivity contribution in [2.24, 2.45) is 10.2 Å². The van der Waals surface area contributed by atoms with E-state index >= 15 is 0 Å². The first kappa shape index (κ1) is 20.6. The predicted octanol–water partition coefficient (Wildman–Crippen LogP) is 3.05. The lowest BCUT2D eigenvalue weighted by molar-refractivity contribution is -0.197. The van der Waals surface area contributed by atoms with Gasteiger partial charge >= 0.3 is 11.9 Å². The lowest BCUT2D eigenvalue weighted by Crippen LogP contribution is -2.32. The minimum absolute atomic E-state index is 0.00492.